The first-order chi connectivity index (χ1) is 71.7. The van der Waals surface area contributed by atoms with Gasteiger partial charge in [0.05, 0.1) is 0 Å². The molecule has 0 spiro atoms. The number of fused-ring (bicyclic) bond motifs is 12. The zero-order valence-corrected chi connectivity index (χ0v) is 95.5. The molecule has 4 aromatic heterocycles. The Morgan fingerprint density at radius 1 is 0.158 bits per heavy atom. The number of H-pyrrole nitrogens is 2. The molecule has 0 saturated heterocycles. The zero-order valence-electron chi connectivity index (χ0n) is 83.1. The highest BCUT2D eigenvalue weighted by molar-refractivity contribution is 9.11. The molecule has 4 heterocycles. The van der Waals surface area contributed by atoms with Crippen LogP contribution in [0, 0.1) is 0 Å². The number of nitrogens with zero attached hydrogens (tertiary/aromatic N) is 2. The second kappa shape index (κ2) is 43.1. The molecule has 24 rings (SSSR count). The molecular formula is C132H116Br4N4Si6. The predicted molar refractivity (Wildman–Crippen MR) is 661 cm³/mol. The second-order valence-electron chi connectivity index (χ2n) is 38.6. The van der Waals surface area contributed by atoms with Gasteiger partial charge in [-0.05, 0) is 216 Å². The number of aromatic amines is 2. The van der Waals surface area contributed by atoms with Crippen LogP contribution in [-0.2, 0) is 0 Å². The lowest BCUT2D eigenvalue weighted by Gasteiger charge is -2.35. The van der Waals surface area contributed by atoms with Gasteiger partial charge in [0.2, 0.25) is 0 Å². The fourth-order valence-corrected chi connectivity index (χ4v) is 52.6. The highest BCUT2D eigenvalue weighted by atomic mass is 79.9. The van der Waals surface area contributed by atoms with Gasteiger partial charge in [0, 0.05) is 105 Å². The van der Waals surface area contributed by atoms with E-state index in [0.717, 1.165) is 28.9 Å². The van der Waals surface area contributed by atoms with E-state index in [-0.39, 0.29) is 0 Å². The standard InChI is InChI=1S/C54H51NSi3.C48H37NSi2.C18H21Br2NSi.C12H7Br2N/c1-4-56(5-2,6-3)55-53-39-37-49(57(43-25-13-7-14-26-43,44-27-15-8-16-28-44)45-29-17-9-18-30-45)41-51(53)52-42-50(38-40-54(52)55)58(46-31-19-10-20-32-46,47-33-21-11-22-34-47)48-35-23-12-24-36-48;1-7-19-37(20-8-1)50(38-21-9-2-10-22-38,39-23-11-3-12-24-39)43-31-33-47-45(35-43)46-36-44(32-34-48(46)49-47)51(40-25-13-4-14-26-40,41-27-15-5-16-28-41)42-29-17-6-18-30-42;1-4-22(5-2,6-3)21-17-9-7-13(19)11-15(17)16-12-14(20)8-10-18(16)21;13-7-1-3-11-9(5-7)10-6-8(14)2-4-12(10)15-11/h7-42H,4-6H2,1-3H3;1-36,49H;7-12H,4-6H2,1-3H3;1-6,15H. The summed E-state index contributed by atoms with van der Waals surface area (Å²) in [5.41, 5.74) is 10.2. The first kappa shape index (κ1) is 98.8. The Labute approximate surface area is 897 Å². The van der Waals surface area contributed by atoms with E-state index in [0.29, 0.717) is 0 Å². The highest BCUT2D eigenvalue weighted by Crippen LogP contribution is 2.41. The quantitative estimate of drug-likeness (QED) is 0.0447. The average Bonchev–Trinajstić information content (AvgIpc) is 1.55. The van der Waals surface area contributed by atoms with Crippen LogP contribution in [0.1, 0.15) is 41.5 Å². The summed E-state index contributed by atoms with van der Waals surface area (Å²) in [4.78, 5) is 7.20. The summed E-state index contributed by atoms with van der Waals surface area (Å²) in [6, 6.07) is 199. The fraction of sp³-hybridized carbons (Fsp3) is 0.0909. The molecule has 0 unspecified atom stereocenters. The van der Waals surface area contributed by atoms with Crippen molar-refractivity contribution in [3.05, 3.63) is 527 Å². The van der Waals surface area contributed by atoms with E-state index in [9.17, 15) is 0 Å². The number of rotatable bonds is 24. The molecule has 0 amide bonds. The molecule has 0 aliphatic heterocycles. The van der Waals surface area contributed by atoms with Gasteiger partial charge in [0.25, 0.3) is 0 Å². The lowest BCUT2D eigenvalue weighted by molar-refractivity contribution is 1.06. The van der Waals surface area contributed by atoms with Crippen molar-refractivity contribution in [3.63, 3.8) is 0 Å². The average molecular weight is 2250 g/mol. The Morgan fingerprint density at radius 2 is 0.301 bits per heavy atom. The molecule has 0 fully saturated rings. The van der Waals surface area contributed by atoms with Crippen LogP contribution >= 0.6 is 63.7 Å². The van der Waals surface area contributed by atoms with Gasteiger partial charge in [-0.3, -0.25) is 0 Å². The number of halogens is 4. The Hall–Kier alpha value is -13.2. The van der Waals surface area contributed by atoms with E-state index in [4.69, 9.17) is 0 Å². The zero-order chi connectivity index (χ0) is 100.0. The van der Waals surface area contributed by atoms with Crippen LogP contribution in [0.4, 0.5) is 0 Å². The van der Waals surface area contributed by atoms with E-state index < -0.39 is 48.8 Å². The number of benzene rings is 20. The van der Waals surface area contributed by atoms with Gasteiger partial charge < -0.3 is 18.4 Å². The van der Waals surface area contributed by atoms with Crippen LogP contribution in [-0.4, -0.2) is 67.2 Å². The molecular weight excluding hydrogens is 2130 g/mol. The van der Waals surface area contributed by atoms with Crippen LogP contribution in [0.3, 0.4) is 0 Å². The molecule has 24 aromatic rings. The minimum atomic E-state index is -2.76. The van der Waals surface area contributed by atoms with Gasteiger partial charge in [0.15, 0.2) is 48.8 Å². The van der Waals surface area contributed by atoms with Crippen molar-refractivity contribution in [2.24, 2.45) is 0 Å². The van der Waals surface area contributed by atoms with Gasteiger partial charge in [-0.15, -0.1) is 0 Å². The van der Waals surface area contributed by atoms with Gasteiger partial charge in [-0.25, -0.2) is 0 Å². The maximum absolute atomic E-state index is 3.80. The van der Waals surface area contributed by atoms with E-state index in [1.165, 1.54) is 195 Å². The predicted octanol–water partition coefficient (Wildman–Crippen LogP) is 26.5. The Bertz CT molecular complexity index is 7780. The molecule has 146 heavy (non-hydrogen) atoms. The van der Waals surface area contributed by atoms with E-state index in [1.807, 2.05) is 12.1 Å². The van der Waals surface area contributed by atoms with Gasteiger partial charge in [-0.2, -0.15) is 0 Å². The molecule has 4 nitrogen and oxygen atoms in total. The normalized spacial score (nSPS) is 12.1. The third-order valence-electron chi connectivity index (χ3n) is 31.7. The van der Waals surface area contributed by atoms with Crippen molar-refractivity contribution >= 4 is 283 Å². The minimum Gasteiger partial charge on any atom is -0.368 e. The fourth-order valence-electron chi connectivity index (χ4n) is 24.4. The summed E-state index contributed by atoms with van der Waals surface area (Å²) in [6.45, 7) is 14.4. The van der Waals surface area contributed by atoms with Crippen molar-refractivity contribution in [1.29, 1.82) is 0 Å². The lowest BCUT2D eigenvalue weighted by atomic mass is 10.1. The van der Waals surface area contributed by atoms with Crippen molar-refractivity contribution in [2.45, 2.75) is 77.8 Å². The molecule has 0 bridgehead atoms. The van der Waals surface area contributed by atoms with E-state index in [1.54, 1.807) is 0 Å². The minimum absolute atomic E-state index is 1.11. The number of hydrogen-bond donors (Lipinski definition) is 2. The third-order valence-corrected chi connectivity index (χ3v) is 63.5. The summed E-state index contributed by atoms with van der Waals surface area (Å²) in [5, 5.41) is 32.8. The van der Waals surface area contributed by atoms with Gasteiger partial charge in [-0.1, -0.05) is 518 Å². The molecule has 0 aliphatic rings. The largest absolute Gasteiger partial charge is 0.368 e. The Balaban J connectivity index is 0.000000128. The maximum atomic E-state index is 3.80. The SMILES string of the molecule is Brc1ccc2[nH]c3ccc(Br)cc3c2c1.CC[Si](CC)(CC)n1c2ccc(Br)cc2c2cc(Br)ccc21.CC[Si](CC)(CC)n1c2ccc([Si](c3ccccc3)(c3ccccc3)c3ccccc3)cc2c2cc([Si](c3ccccc3)(c3ccccc3)c3ccccc3)ccc21.c1ccc([Si](c2ccccc2)(c2ccccc2)c2ccc3[nH]c4ccc([Si](c5ccccc5)(c5ccccc5)c5ccccc5)cc4c3c2)cc1. The number of nitrogens with one attached hydrogen (secondary N) is 2. The van der Waals surface area contributed by atoms with Gasteiger partial charge >= 0.3 is 0 Å². The van der Waals surface area contributed by atoms with Crippen molar-refractivity contribution in [2.75, 3.05) is 0 Å². The van der Waals surface area contributed by atoms with Crippen LogP contribution in [0.2, 0.25) is 36.3 Å². The van der Waals surface area contributed by atoms with Crippen LogP contribution in [0.25, 0.3) is 87.2 Å². The van der Waals surface area contributed by atoms with Gasteiger partial charge in [0.1, 0.15) is 0 Å². The molecule has 2 N–H and O–H groups in total. The molecule has 0 saturated carbocycles. The lowest BCUT2D eigenvalue weighted by Crippen LogP contribution is -2.74. The number of aromatic nitrogens is 4. The first-order valence-electron chi connectivity index (χ1n) is 51.3. The molecule has 20 aromatic carbocycles. The first-order valence-corrected chi connectivity index (χ1v) is 67.6. The summed E-state index contributed by atoms with van der Waals surface area (Å²) in [7, 11) is -14.4. The third kappa shape index (κ3) is 17.7. The number of hydrogen-bond acceptors (Lipinski definition) is 0. The van der Waals surface area contributed by atoms with E-state index >= 15 is 0 Å². The topological polar surface area (TPSA) is 41.4 Å². The van der Waals surface area contributed by atoms with Crippen LogP contribution in [0.15, 0.2) is 527 Å². The monoisotopic (exact) mass is 2240 g/mol. The van der Waals surface area contributed by atoms with Crippen molar-refractivity contribution < 1.29 is 0 Å². The molecule has 0 atom stereocenters. The second-order valence-corrected chi connectivity index (χ2v) is 67.5. The Kier molecular flexibility index (Phi) is 29.2. The summed E-state index contributed by atoms with van der Waals surface area (Å²) in [5.74, 6) is 0. The molecule has 0 radical (unpaired) electrons. The highest BCUT2D eigenvalue weighted by Gasteiger charge is 2.48. The summed E-state index contributed by atoms with van der Waals surface area (Å²) in [6.07, 6.45) is 0. The Morgan fingerprint density at radius 3 is 0.493 bits per heavy atom. The summed E-state index contributed by atoms with van der Waals surface area (Å²) >= 11 is 14.3. The molecule has 716 valence electrons. The van der Waals surface area contributed by atoms with Crippen molar-refractivity contribution in [1.82, 2.24) is 18.4 Å². The van der Waals surface area contributed by atoms with Crippen molar-refractivity contribution in [3.8, 4) is 0 Å². The summed E-state index contributed by atoms with van der Waals surface area (Å²) < 4.78 is 10.1. The van der Waals surface area contributed by atoms with Crippen LogP contribution in [0.5, 0.6) is 0 Å². The smallest absolute Gasteiger partial charge is 0.179 e. The van der Waals surface area contributed by atoms with Crippen LogP contribution < -0.4 is 83.0 Å². The molecule has 14 heteroatoms. The molecule has 0 aliphatic carbocycles. The van der Waals surface area contributed by atoms with E-state index in [2.05, 4.69) is 621 Å². The maximum Gasteiger partial charge on any atom is 0.179 e.